The van der Waals surface area contributed by atoms with Crippen LogP contribution in [0.5, 0.6) is 5.75 Å². The summed E-state index contributed by atoms with van der Waals surface area (Å²) in [5.74, 6) is 2.67. The fourth-order valence-corrected chi connectivity index (χ4v) is 3.50. The molecule has 2 aliphatic carbocycles. The Morgan fingerprint density at radius 1 is 1.11 bits per heavy atom. The van der Waals surface area contributed by atoms with E-state index in [0.29, 0.717) is 6.10 Å². The Balaban J connectivity index is 1.68. The molecule has 19 heavy (non-hydrogen) atoms. The Morgan fingerprint density at radius 2 is 1.95 bits per heavy atom. The number of aryl methyl sites for hydroxylation is 1. The van der Waals surface area contributed by atoms with Crippen LogP contribution in [-0.4, -0.2) is 6.10 Å². The first-order chi connectivity index (χ1) is 9.13. The largest absolute Gasteiger partial charge is 0.490 e. The van der Waals surface area contributed by atoms with Gasteiger partial charge in [-0.3, -0.25) is 0 Å². The second kappa shape index (κ2) is 5.16. The summed E-state index contributed by atoms with van der Waals surface area (Å²) in [4.78, 5) is 0. The van der Waals surface area contributed by atoms with Crippen LogP contribution < -0.4 is 10.5 Å². The molecule has 104 valence electrons. The highest BCUT2D eigenvalue weighted by atomic mass is 16.5. The van der Waals surface area contributed by atoms with Crippen molar-refractivity contribution in [3.63, 3.8) is 0 Å². The molecule has 0 radical (unpaired) electrons. The predicted octanol–water partition coefficient (Wildman–Crippen LogP) is 3.84. The summed E-state index contributed by atoms with van der Waals surface area (Å²) in [5.41, 5.74) is 8.78. The van der Waals surface area contributed by atoms with Crippen molar-refractivity contribution in [2.75, 3.05) is 0 Å². The Hall–Kier alpha value is -1.02. The first kappa shape index (κ1) is 13.0. The minimum atomic E-state index is 0.236. The molecule has 1 aromatic carbocycles. The molecule has 0 aliphatic heterocycles. The molecule has 0 saturated heterocycles. The van der Waals surface area contributed by atoms with Crippen molar-refractivity contribution >= 4 is 0 Å². The summed E-state index contributed by atoms with van der Waals surface area (Å²) < 4.78 is 6.19. The Kier molecular flexibility index (Phi) is 3.53. The van der Waals surface area contributed by atoms with Gasteiger partial charge >= 0.3 is 0 Å². The van der Waals surface area contributed by atoms with E-state index in [0.717, 1.165) is 30.4 Å². The van der Waals surface area contributed by atoms with Crippen LogP contribution in [0, 0.1) is 11.8 Å². The van der Waals surface area contributed by atoms with E-state index in [1.54, 1.807) is 0 Å². The lowest BCUT2D eigenvalue weighted by molar-refractivity contribution is 0.101. The van der Waals surface area contributed by atoms with E-state index in [1.165, 1.54) is 30.4 Å². The zero-order valence-electron chi connectivity index (χ0n) is 12.1. The van der Waals surface area contributed by atoms with Gasteiger partial charge in [-0.1, -0.05) is 19.9 Å². The summed E-state index contributed by atoms with van der Waals surface area (Å²) in [7, 11) is 0. The first-order valence-corrected chi connectivity index (χ1v) is 7.68. The highest BCUT2D eigenvalue weighted by molar-refractivity contribution is 5.40. The van der Waals surface area contributed by atoms with Gasteiger partial charge in [-0.05, 0) is 67.2 Å². The molecule has 0 spiro atoms. The fourth-order valence-electron chi connectivity index (χ4n) is 3.50. The van der Waals surface area contributed by atoms with Gasteiger partial charge in [0.1, 0.15) is 5.75 Å². The molecular weight excluding hydrogens is 234 g/mol. The Bertz CT molecular complexity index is 457. The van der Waals surface area contributed by atoms with Gasteiger partial charge in [0.25, 0.3) is 0 Å². The average molecular weight is 259 g/mol. The summed E-state index contributed by atoms with van der Waals surface area (Å²) in [5, 5.41) is 0. The smallest absolute Gasteiger partial charge is 0.120 e. The number of ether oxygens (including phenoxy) is 1. The molecular formula is C17H25NO. The lowest BCUT2D eigenvalue weighted by atomic mass is 9.80. The van der Waals surface area contributed by atoms with Crippen molar-refractivity contribution in [2.24, 2.45) is 17.6 Å². The van der Waals surface area contributed by atoms with Crippen molar-refractivity contribution in [3.05, 3.63) is 29.3 Å². The summed E-state index contributed by atoms with van der Waals surface area (Å²) in [6.07, 6.45) is 6.27. The topological polar surface area (TPSA) is 35.2 Å². The van der Waals surface area contributed by atoms with E-state index in [9.17, 15) is 0 Å². The minimum absolute atomic E-state index is 0.236. The van der Waals surface area contributed by atoms with E-state index >= 15 is 0 Å². The number of benzene rings is 1. The summed E-state index contributed by atoms with van der Waals surface area (Å²) >= 11 is 0. The van der Waals surface area contributed by atoms with Crippen LogP contribution in [0.3, 0.4) is 0 Å². The molecule has 0 heterocycles. The van der Waals surface area contributed by atoms with Gasteiger partial charge in [0.15, 0.2) is 0 Å². The van der Waals surface area contributed by atoms with Crippen LogP contribution in [0.1, 0.15) is 56.7 Å². The standard InChI is InChI=1S/C17H25NO/c1-11-3-5-14(9-12(11)2)19-15-6-7-16-13(10-15)4-8-17(16)18/h6-7,10-12,14,17H,3-5,8-9,18H2,1-2H3. The van der Waals surface area contributed by atoms with Crippen molar-refractivity contribution in [3.8, 4) is 5.75 Å². The van der Waals surface area contributed by atoms with Crippen LogP contribution in [0.2, 0.25) is 0 Å². The van der Waals surface area contributed by atoms with Crippen LogP contribution in [-0.2, 0) is 6.42 Å². The number of rotatable bonds is 2. The quantitative estimate of drug-likeness (QED) is 0.876. The van der Waals surface area contributed by atoms with E-state index in [1.807, 2.05) is 0 Å². The Morgan fingerprint density at radius 3 is 2.74 bits per heavy atom. The van der Waals surface area contributed by atoms with Gasteiger partial charge in [0.05, 0.1) is 6.10 Å². The number of nitrogens with two attached hydrogens (primary N) is 1. The zero-order chi connectivity index (χ0) is 13.4. The molecule has 2 heteroatoms. The van der Waals surface area contributed by atoms with Crippen molar-refractivity contribution in [1.29, 1.82) is 0 Å². The lowest BCUT2D eigenvalue weighted by Gasteiger charge is -2.32. The molecule has 1 fully saturated rings. The van der Waals surface area contributed by atoms with Crippen molar-refractivity contribution < 1.29 is 4.74 Å². The van der Waals surface area contributed by atoms with Gasteiger partial charge in [-0.15, -0.1) is 0 Å². The van der Waals surface area contributed by atoms with Gasteiger partial charge < -0.3 is 10.5 Å². The third-order valence-corrected chi connectivity index (χ3v) is 5.09. The maximum absolute atomic E-state index is 6.19. The SMILES string of the molecule is CC1CCC(Oc2ccc3c(c2)CCC3N)CC1C. The highest BCUT2D eigenvalue weighted by Crippen LogP contribution is 2.35. The van der Waals surface area contributed by atoms with E-state index in [2.05, 4.69) is 32.0 Å². The molecule has 0 bridgehead atoms. The number of hydrogen-bond donors (Lipinski definition) is 1. The van der Waals surface area contributed by atoms with Crippen molar-refractivity contribution in [2.45, 2.75) is 58.1 Å². The predicted molar refractivity (Wildman–Crippen MR) is 78.3 cm³/mol. The Labute approximate surface area is 116 Å². The number of fused-ring (bicyclic) bond motifs is 1. The molecule has 3 rings (SSSR count). The summed E-state index contributed by atoms with van der Waals surface area (Å²) in [6.45, 7) is 4.71. The average Bonchev–Trinajstić information content (AvgIpc) is 2.75. The lowest BCUT2D eigenvalue weighted by Crippen LogP contribution is -2.28. The van der Waals surface area contributed by atoms with E-state index in [-0.39, 0.29) is 6.04 Å². The molecule has 2 aliphatic rings. The van der Waals surface area contributed by atoms with Gasteiger partial charge in [0, 0.05) is 6.04 Å². The second-order valence-corrected chi connectivity index (χ2v) is 6.51. The molecule has 4 atom stereocenters. The normalized spacial score (nSPS) is 34.1. The van der Waals surface area contributed by atoms with E-state index < -0.39 is 0 Å². The third kappa shape index (κ3) is 2.64. The van der Waals surface area contributed by atoms with Crippen molar-refractivity contribution in [1.82, 2.24) is 0 Å². The molecule has 0 aromatic heterocycles. The van der Waals surface area contributed by atoms with Crippen LogP contribution in [0.4, 0.5) is 0 Å². The van der Waals surface area contributed by atoms with Crippen LogP contribution in [0.25, 0.3) is 0 Å². The highest BCUT2D eigenvalue weighted by Gasteiger charge is 2.26. The van der Waals surface area contributed by atoms with Crippen LogP contribution in [0.15, 0.2) is 18.2 Å². The monoisotopic (exact) mass is 259 g/mol. The number of hydrogen-bond acceptors (Lipinski definition) is 2. The maximum atomic E-state index is 6.19. The van der Waals surface area contributed by atoms with E-state index in [4.69, 9.17) is 10.5 Å². The molecule has 1 saturated carbocycles. The summed E-state index contributed by atoms with van der Waals surface area (Å²) in [6, 6.07) is 6.72. The molecule has 4 unspecified atom stereocenters. The molecule has 0 amide bonds. The molecule has 2 N–H and O–H groups in total. The fraction of sp³-hybridized carbons (Fsp3) is 0.647. The zero-order valence-corrected chi connectivity index (χ0v) is 12.1. The molecule has 1 aromatic rings. The molecule has 2 nitrogen and oxygen atoms in total. The minimum Gasteiger partial charge on any atom is -0.490 e. The van der Waals surface area contributed by atoms with Gasteiger partial charge in [-0.2, -0.15) is 0 Å². The first-order valence-electron chi connectivity index (χ1n) is 7.68. The third-order valence-electron chi connectivity index (χ3n) is 5.09. The second-order valence-electron chi connectivity index (χ2n) is 6.51. The van der Waals surface area contributed by atoms with Crippen LogP contribution >= 0.6 is 0 Å². The van der Waals surface area contributed by atoms with Gasteiger partial charge in [-0.25, -0.2) is 0 Å². The van der Waals surface area contributed by atoms with Gasteiger partial charge in [0.2, 0.25) is 0 Å². The maximum Gasteiger partial charge on any atom is 0.120 e.